The molecule has 1 aromatic carbocycles. The summed E-state index contributed by atoms with van der Waals surface area (Å²) >= 11 is 0. The zero-order chi connectivity index (χ0) is 12.5. The summed E-state index contributed by atoms with van der Waals surface area (Å²) in [4.78, 5) is -0.0691. The molecule has 3 N–H and O–H groups in total. The van der Waals surface area contributed by atoms with E-state index in [9.17, 15) is 12.8 Å². The van der Waals surface area contributed by atoms with E-state index in [0.717, 1.165) is 25.3 Å². The number of rotatable bonds is 4. The molecule has 0 aromatic heterocycles. The zero-order valence-electron chi connectivity index (χ0n) is 9.73. The van der Waals surface area contributed by atoms with Crippen LogP contribution in [0.5, 0.6) is 0 Å². The zero-order valence-corrected chi connectivity index (χ0v) is 11.4. The average molecular weight is 295 g/mol. The molecule has 0 amide bonds. The molecular formula is C11H16ClFN2O2S. The molecule has 1 aromatic rings. The number of hydrogen-bond donors (Lipinski definition) is 2. The van der Waals surface area contributed by atoms with E-state index >= 15 is 0 Å². The Balaban J connectivity index is 0.00000162. The van der Waals surface area contributed by atoms with Gasteiger partial charge in [-0.25, -0.2) is 17.5 Å². The molecule has 1 aliphatic rings. The van der Waals surface area contributed by atoms with Gasteiger partial charge in [-0.3, -0.25) is 0 Å². The summed E-state index contributed by atoms with van der Waals surface area (Å²) in [5, 5.41) is 0. The van der Waals surface area contributed by atoms with Gasteiger partial charge in [0.2, 0.25) is 10.0 Å². The lowest BCUT2D eigenvalue weighted by Gasteiger charge is -2.37. The lowest BCUT2D eigenvalue weighted by atomic mass is 9.78. The SMILES string of the molecule is Cl.NC1(CNS(=O)(=O)c2cccc(F)c2)CCC1. The second-order valence-corrected chi connectivity index (χ2v) is 6.26. The first-order valence-electron chi connectivity index (χ1n) is 5.45. The van der Waals surface area contributed by atoms with Crippen molar-refractivity contribution in [3.63, 3.8) is 0 Å². The lowest BCUT2D eigenvalue weighted by Crippen LogP contribution is -2.54. The summed E-state index contributed by atoms with van der Waals surface area (Å²) in [5.41, 5.74) is 5.49. The van der Waals surface area contributed by atoms with E-state index in [0.29, 0.717) is 0 Å². The van der Waals surface area contributed by atoms with E-state index in [4.69, 9.17) is 5.73 Å². The molecule has 0 spiro atoms. The highest BCUT2D eigenvalue weighted by atomic mass is 35.5. The first kappa shape index (κ1) is 15.4. The Morgan fingerprint density at radius 1 is 1.39 bits per heavy atom. The van der Waals surface area contributed by atoms with E-state index in [-0.39, 0.29) is 23.8 Å². The molecule has 102 valence electrons. The van der Waals surface area contributed by atoms with Crippen molar-refractivity contribution in [2.24, 2.45) is 5.73 Å². The molecule has 2 rings (SSSR count). The summed E-state index contributed by atoms with van der Waals surface area (Å²) in [6.07, 6.45) is 2.66. The minimum absolute atomic E-state index is 0. The predicted molar refractivity (Wildman–Crippen MR) is 69.6 cm³/mol. The van der Waals surface area contributed by atoms with E-state index in [1.165, 1.54) is 18.2 Å². The monoisotopic (exact) mass is 294 g/mol. The summed E-state index contributed by atoms with van der Waals surface area (Å²) in [6.45, 7) is 0.200. The Bertz CT molecular complexity index is 518. The highest BCUT2D eigenvalue weighted by molar-refractivity contribution is 7.89. The van der Waals surface area contributed by atoms with E-state index in [1.54, 1.807) is 0 Å². The third kappa shape index (κ3) is 3.41. The fourth-order valence-electron chi connectivity index (χ4n) is 1.76. The average Bonchev–Trinajstić information content (AvgIpc) is 2.24. The number of hydrogen-bond acceptors (Lipinski definition) is 3. The van der Waals surface area contributed by atoms with Crippen molar-refractivity contribution in [1.82, 2.24) is 4.72 Å². The topological polar surface area (TPSA) is 72.2 Å². The van der Waals surface area contributed by atoms with Crippen LogP contribution in [0.1, 0.15) is 19.3 Å². The van der Waals surface area contributed by atoms with Crippen LogP contribution in [0.2, 0.25) is 0 Å². The standard InChI is InChI=1S/C11H15FN2O2S.ClH/c12-9-3-1-4-10(7-9)17(15,16)14-8-11(13)5-2-6-11;/h1,3-4,7,14H,2,5-6,8,13H2;1H. The van der Waals surface area contributed by atoms with Crippen LogP contribution in [0, 0.1) is 5.82 Å². The van der Waals surface area contributed by atoms with E-state index < -0.39 is 21.4 Å². The van der Waals surface area contributed by atoms with Crippen LogP contribution in [0.15, 0.2) is 29.2 Å². The molecule has 0 saturated heterocycles. The molecule has 18 heavy (non-hydrogen) atoms. The Kier molecular flexibility index (Phi) is 4.72. The van der Waals surface area contributed by atoms with Crippen molar-refractivity contribution in [2.75, 3.05) is 6.54 Å². The Morgan fingerprint density at radius 3 is 2.56 bits per heavy atom. The highest BCUT2D eigenvalue weighted by Gasteiger charge is 2.33. The van der Waals surface area contributed by atoms with Crippen LogP contribution in [0.3, 0.4) is 0 Å². The highest BCUT2D eigenvalue weighted by Crippen LogP contribution is 2.28. The Morgan fingerprint density at radius 2 is 2.06 bits per heavy atom. The lowest BCUT2D eigenvalue weighted by molar-refractivity contribution is 0.251. The van der Waals surface area contributed by atoms with Gasteiger partial charge in [-0.05, 0) is 37.5 Å². The molecule has 0 atom stereocenters. The van der Waals surface area contributed by atoms with Gasteiger partial charge in [0.05, 0.1) is 4.90 Å². The van der Waals surface area contributed by atoms with Crippen molar-refractivity contribution in [3.05, 3.63) is 30.1 Å². The largest absolute Gasteiger partial charge is 0.324 e. The first-order chi connectivity index (χ1) is 7.91. The molecular weight excluding hydrogens is 279 g/mol. The number of benzene rings is 1. The quantitative estimate of drug-likeness (QED) is 0.882. The van der Waals surface area contributed by atoms with Crippen LogP contribution < -0.4 is 10.5 Å². The maximum absolute atomic E-state index is 12.9. The third-order valence-electron chi connectivity index (χ3n) is 3.07. The minimum Gasteiger partial charge on any atom is -0.324 e. The normalized spacial score (nSPS) is 17.7. The van der Waals surface area contributed by atoms with Gasteiger partial charge in [0.25, 0.3) is 0 Å². The van der Waals surface area contributed by atoms with Crippen LogP contribution in [0.4, 0.5) is 4.39 Å². The first-order valence-corrected chi connectivity index (χ1v) is 6.94. The van der Waals surface area contributed by atoms with Crippen molar-refractivity contribution in [2.45, 2.75) is 29.7 Å². The molecule has 0 radical (unpaired) electrons. The second kappa shape index (κ2) is 5.52. The molecule has 7 heteroatoms. The summed E-state index contributed by atoms with van der Waals surface area (Å²) in [5.74, 6) is -0.570. The molecule has 0 heterocycles. The molecule has 0 unspecified atom stereocenters. The number of nitrogens with one attached hydrogen (secondary N) is 1. The van der Waals surface area contributed by atoms with Crippen molar-refractivity contribution < 1.29 is 12.8 Å². The van der Waals surface area contributed by atoms with Crippen LogP contribution in [-0.2, 0) is 10.0 Å². The fourth-order valence-corrected chi connectivity index (χ4v) is 2.93. The van der Waals surface area contributed by atoms with Crippen molar-refractivity contribution in [1.29, 1.82) is 0 Å². The van der Waals surface area contributed by atoms with Gasteiger partial charge in [-0.2, -0.15) is 0 Å². The van der Waals surface area contributed by atoms with Crippen molar-refractivity contribution >= 4 is 22.4 Å². The van der Waals surface area contributed by atoms with E-state index in [1.807, 2.05) is 0 Å². The van der Waals surface area contributed by atoms with Crippen LogP contribution in [0.25, 0.3) is 0 Å². The molecule has 1 saturated carbocycles. The molecule has 0 bridgehead atoms. The van der Waals surface area contributed by atoms with Gasteiger partial charge in [0, 0.05) is 12.1 Å². The molecule has 1 fully saturated rings. The van der Waals surface area contributed by atoms with Gasteiger partial charge < -0.3 is 5.73 Å². The summed E-state index contributed by atoms with van der Waals surface area (Å²) in [6, 6.07) is 4.92. The maximum Gasteiger partial charge on any atom is 0.240 e. The molecule has 0 aliphatic heterocycles. The third-order valence-corrected chi connectivity index (χ3v) is 4.47. The van der Waals surface area contributed by atoms with Gasteiger partial charge in [0.15, 0.2) is 0 Å². The van der Waals surface area contributed by atoms with Crippen LogP contribution in [-0.4, -0.2) is 20.5 Å². The van der Waals surface area contributed by atoms with Gasteiger partial charge in [0.1, 0.15) is 5.82 Å². The van der Waals surface area contributed by atoms with Gasteiger partial charge >= 0.3 is 0 Å². The molecule has 4 nitrogen and oxygen atoms in total. The van der Waals surface area contributed by atoms with Gasteiger partial charge in [-0.15, -0.1) is 12.4 Å². The Labute approximate surface area is 112 Å². The summed E-state index contributed by atoms with van der Waals surface area (Å²) in [7, 11) is -3.66. The van der Waals surface area contributed by atoms with E-state index in [2.05, 4.69) is 4.72 Å². The summed E-state index contributed by atoms with van der Waals surface area (Å²) < 4.78 is 39.0. The number of nitrogens with two attached hydrogens (primary N) is 1. The number of sulfonamides is 1. The fraction of sp³-hybridized carbons (Fsp3) is 0.455. The molecule has 1 aliphatic carbocycles. The maximum atomic E-state index is 12.9. The Hall–Kier alpha value is -0.690. The number of halogens is 2. The second-order valence-electron chi connectivity index (χ2n) is 4.50. The minimum atomic E-state index is -3.66. The smallest absolute Gasteiger partial charge is 0.240 e. The van der Waals surface area contributed by atoms with Crippen molar-refractivity contribution in [3.8, 4) is 0 Å². The van der Waals surface area contributed by atoms with Gasteiger partial charge in [-0.1, -0.05) is 6.07 Å². The predicted octanol–water partition coefficient (Wildman–Crippen LogP) is 1.41. The van der Waals surface area contributed by atoms with Crippen LogP contribution >= 0.6 is 12.4 Å².